The van der Waals surface area contributed by atoms with Crippen LogP contribution in [0.5, 0.6) is 0 Å². The predicted octanol–water partition coefficient (Wildman–Crippen LogP) is 3.36. The van der Waals surface area contributed by atoms with Gasteiger partial charge in [0.1, 0.15) is 6.29 Å². The van der Waals surface area contributed by atoms with Crippen molar-refractivity contribution < 1.29 is 19.2 Å². The Balaban J connectivity index is 0.00000123. The van der Waals surface area contributed by atoms with Crippen molar-refractivity contribution in [2.45, 2.75) is 46.6 Å². The van der Waals surface area contributed by atoms with Crippen LogP contribution >= 0.6 is 0 Å². The summed E-state index contributed by atoms with van der Waals surface area (Å²) in [7, 11) is 0. The van der Waals surface area contributed by atoms with Gasteiger partial charge in [-0.05, 0) is 31.9 Å². The van der Waals surface area contributed by atoms with Crippen LogP contribution in [0.4, 0.5) is 0 Å². The lowest BCUT2D eigenvalue weighted by Crippen LogP contribution is -2.44. The second-order valence-corrected chi connectivity index (χ2v) is 4.85. The second kappa shape index (κ2) is 10.3. The Morgan fingerprint density at radius 2 is 1.79 bits per heavy atom. The number of amides is 2. The minimum Gasteiger partial charge on any atom is -0.303 e. The number of aryl methyl sites for hydroxylation is 1. The van der Waals surface area contributed by atoms with Gasteiger partial charge in [-0.1, -0.05) is 26.0 Å². The van der Waals surface area contributed by atoms with Gasteiger partial charge in [-0.3, -0.25) is 19.3 Å². The van der Waals surface area contributed by atoms with E-state index in [2.05, 4.69) is 13.2 Å². The molecule has 1 aromatic rings. The fourth-order valence-electron chi connectivity index (χ4n) is 2.50. The molecule has 0 spiro atoms. The first-order valence-corrected chi connectivity index (χ1v) is 7.90. The average molecular weight is 331 g/mol. The third kappa shape index (κ3) is 4.25. The molecule has 1 aliphatic rings. The summed E-state index contributed by atoms with van der Waals surface area (Å²) in [6.07, 6.45) is 0.985. The van der Waals surface area contributed by atoms with Gasteiger partial charge in [0.15, 0.2) is 5.78 Å². The molecule has 1 aromatic carbocycles. The maximum absolute atomic E-state index is 12.4. The maximum atomic E-state index is 12.4. The molecular formula is C19H25NO4. The summed E-state index contributed by atoms with van der Waals surface area (Å²) in [6, 6.07) is 4.17. The molecule has 0 aromatic heterocycles. The van der Waals surface area contributed by atoms with Crippen LogP contribution in [0.1, 0.15) is 59.9 Å². The van der Waals surface area contributed by atoms with E-state index < -0.39 is 17.9 Å². The Morgan fingerprint density at radius 1 is 1.21 bits per heavy atom. The van der Waals surface area contributed by atoms with Gasteiger partial charge < -0.3 is 4.79 Å². The largest absolute Gasteiger partial charge is 0.303 e. The number of carbonyl (C=O) groups excluding carboxylic acids is 4. The summed E-state index contributed by atoms with van der Waals surface area (Å²) in [4.78, 5) is 47.9. The zero-order valence-corrected chi connectivity index (χ0v) is 14.8. The number of fused-ring (bicyclic) bond motifs is 1. The summed E-state index contributed by atoms with van der Waals surface area (Å²) in [5.74, 6) is -1.20. The third-order valence-corrected chi connectivity index (χ3v) is 3.49. The number of aldehydes is 1. The van der Waals surface area contributed by atoms with E-state index in [1.165, 1.54) is 6.92 Å². The maximum Gasteiger partial charge on any atom is 0.262 e. The van der Waals surface area contributed by atoms with Gasteiger partial charge in [-0.25, -0.2) is 0 Å². The number of Topliss-reactive ketones (excluding diaryl/α,β-unsaturated/α-hetero) is 1. The highest BCUT2D eigenvalue weighted by molar-refractivity contribution is 6.23. The van der Waals surface area contributed by atoms with E-state index in [4.69, 9.17) is 0 Å². The van der Waals surface area contributed by atoms with Crippen molar-refractivity contribution in [2.24, 2.45) is 0 Å². The monoisotopic (exact) mass is 331 g/mol. The molecule has 1 unspecified atom stereocenters. The molecule has 130 valence electrons. The highest BCUT2D eigenvalue weighted by Gasteiger charge is 2.42. The highest BCUT2D eigenvalue weighted by Crippen LogP contribution is 2.28. The number of nitrogens with zero attached hydrogens (tertiary/aromatic N) is 1. The Hall–Kier alpha value is -2.56. The van der Waals surface area contributed by atoms with E-state index >= 15 is 0 Å². The average Bonchev–Trinajstić information content (AvgIpc) is 2.85. The van der Waals surface area contributed by atoms with Crippen LogP contribution in [0.25, 0.3) is 0 Å². The van der Waals surface area contributed by atoms with E-state index in [0.717, 1.165) is 4.90 Å². The standard InChI is InChI=1S/C15H15NO4.C2H6.C2H4/c1-9-5-3-6-11-13(9)15(20)16(14(11)19)12(10(2)18)7-4-8-17;2*1-2/h3,5-6,8,12H,4,7H2,1-2H3;1-2H3;1-2H2. The summed E-state index contributed by atoms with van der Waals surface area (Å²) in [5, 5.41) is 0. The molecule has 0 saturated carbocycles. The van der Waals surface area contributed by atoms with E-state index in [1.807, 2.05) is 13.8 Å². The van der Waals surface area contributed by atoms with Crippen LogP contribution in [0.15, 0.2) is 31.4 Å². The molecule has 0 radical (unpaired) electrons. The van der Waals surface area contributed by atoms with Crippen molar-refractivity contribution in [2.75, 3.05) is 0 Å². The molecule has 0 saturated heterocycles. The van der Waals surface area contributed by atoms with E-state index in [9.17, 15) is 19.2 Å². The first kappa shape index (κ1) is 21.4. The van der Waals surface area contributed by atoms with Crippen LogP contribution in [-0.4, -0.2) is 34.8 Å². The molecule has 24 heavy (non-hydrogen) atoms. The van der Waals surface area contributed by atoms with E-state index in [0.29, 0.717) is 23.0 Å². The minimum atomic E-state index is -0.869. The van der Waals surface area contributed by atoms with Crippen molar-refractivity contribution in [3.05, 3.63) is 48.0 Å². The number of hydrogen-bond acceptors (Lipinski definition) is 4. The van der Waals surface area contributed by atoms with Crippen LogP contribution in [0.3, 0.4) is 0 Å². The fourth-order valence-corrected chi connectivity index (χ4v) is 2.50. The van der Waals surface area contributed by atoms with Gasteiger partial charge in [0, 0.05) is 6.42 Å². The summed E-state index contributed by atoms with van der Waals surface area (Å²) in [6.45, 7) is 13.1. The molecule has 0 bridgehead atoms. The van der Waals surface area contributed by atoms with Gasteiger partial charge in [0.25, 0.3) is 11.8 Å². The lowest BCUT2D eigenvalue weighted by molar-refractivity contribution is -0.121. The SMILES string of the molecule is C=C.CC.CC(=O)C(CCC=O)N1C(=O)c2cccc(C)c2C1=O. The Kier molecular flexibility index (Phi) is 9.16. The third-order valence-electron chi connectivity index (χ3n) is 3.49. The number of imide groups is 1. The Morgan fingerprint density at radius 3 is 2.25 bits per heavy atom. The van der Waals surface area contributed by atoms with Crippen LogP contribution in [0, 0.1) is 6.92 Å². The molecule has 5 heteroatoms. The van der Waals surface area contributed by atoms with Gasteiger partial charge in [0.2, 0.25) is 0 Å². The number of ketones is 1. The van der Waals surface area contributed by atoms with Crippen molar-refractivity contribution >= 4 is 23.9 Å². The molecule has 1 atom stereocenters. The molecule has 5 nitrogen and oxygen atoms in total. The first-order valence-electron chi connectivity index (χ1n) is 7.90. The summed E-state index contributed by atoms with van der Waals surface area (Å²) >= 11 is 0. The summed E-state index contributed by atoms with van der Waals surface area (Å²) in [5.41, 5.74) is 1.39. The zero-order chi connectivity index (χ0) is 18.9. The van der Waals surface area contributed by atoms with Crippen molar-refractivity contribution in [1.29, 1.82) is 0 Å². The first-order chi connectivity index (χ1) is 11.5. The second-order valence-electron chi connectivity index (χ2n) is 4.85. The molecular weight excluding hydrogens is 306 g/mol. The molecule has 2 amide bonds. The lowest BCUT2D eigenvalue weighted by Gasteiger charge is -2.23. The molecule has 2 rings (SSSR count). The lowest BCUT2D eigenvalue weighted by atomic mass is 10.0. The number of benzene rings is 1. The molecule has 0 aliphatic carbocycles. The van der Waals surface area contributed by atoms with Crippen LogP contribution in [0.2, 0.25) is 0 Å². The van der Waals surface area contributed by atoms with Gasteiger partial charge in [0.05, 0.1) is 17.2 Å². The topological polar surface area (TPSA) is 71.5 Å². The van der Waals surface area contributed by atoms with Gasteiger partial charge in [-0.2, -0.15) is 0 Å². The van der Waals surface area contributed by atoms with Gasteiger partial charge in [-0.15, -0.1) is 13.2 Å². The minimum absolute atomic E-state index is 0.136. The van der Waals surface area contributed by atoms with Crippen LogP contribution < -0.4 is 0 Å². The van der Waals surface area contributed by atoms with Crippen molar-refractivity contribution in [1.82, 2.24) is 4.90 Å². The molecule has 0 fully saturated rings. The highest BCUT2D eigenvalue weighted by atomic mass is 16.2. The van der Waals surface area contributed by atoms with Crippen molar-refractivity contribution in [3.63, 3.8) is 0 Å². The molecule has 1 heterocycles. The number of rotatable bonds is 5. The molecule has 0 N–H and O–H groups in total. The normalized spacial score (nSPS) is 13.1. The van der Waals surface area contributed by atoms with Crippen LogP contribution in [-0.2, 0) is 9.59 Å². The van der Waals surface area contributed by atoms with E-state index in [-0.39, 0.29) is 18.6 Å². The van der Waals surface area contributed by atoms with E-state index in [1.54, 1.807) is 25.1 Å². The van der Waals surface area contributed by atoms with Crippen molar-refractivity contribution in [3.8, 4) is 0 Å². The molecule has 1 aliphatic heterocycles. The number of carbonyl (C=O) groups is 4. The quantitative estimate of drug-likeness (QED) is 0.471. The van der Waals surface area contributed by atoms with Gasteiger partial charge >= 0.3 is 0 Å². The Labute approximate surface area is 143 Å². The smallest absolute Gasteiger partial charge is 0.262 e. The Bertz CT molecular complexity index is 622. The fraction of sp³-hybridized carbons (Fsp3) is 0.368. The zero-order valence-electron chi connectivity index (χ0n) is 14.8. The summed E-state index contributed by atoms with van der Waals surface area (Å²) < 4.78 is 0. The predicted molar refractivity (Wildman–Crippen MR) is 94.0 cm³/mol. The number of hydrogen-bond donors (Lipinski definition) is 0.